The molecule has 39 heavy (non-hydrogen) atoms. The highest BCUT2D eigenvalue weighted by Crippen LogP contribution is 2.60. The van der Waals surface area contributed by atoms with E-state index in [-0.39, 0.29) is 36.5 Å². The summed E-state index contributed by atoms with van der Waals surface area (Å²) >= 11 is 0. The fraction of sp³-hybridized carbons (Fsp3) is 0.724. The van der Waals surface area contributed by atoms with Crippen LogP contribution in [-0.4, -0.2) is 56.6 Å². The number of ether oxygens (including phenoxy) is 5. The van der Waals surface area contributed by atoms with Gasteiger partial charge in [0.05, 0.1) is 20.6 Å². The predicted molar refractivity (Wildman–Crippen MR) is 138 cm³/mol. The molecule has 10 nitrogen and oxygen atoms in total. The molecule has 0 radical (unpaired) electrons. The van der Waals surface area contributed by atoms with Crippen LogP contribution >= 0.6 is 0 Å². The Morgan fingerprint density at radius 1 is 1.03 bits per heavy atom. The van der Waals surface area contributed by atoms with E-state index in [0.717, 1.165) is 31.2 Å². The molecule has 2 bridgehead atoms. The van der Waals surface area contributed by atoms with Crippen LogP contribution in [0.3, 0.4) is 0 Å². The van der Waals surface area contributed by atoms with Gasteiger partial charge >= 0.3 is 5.97 Å². The van der Waals surface area contributed by atoms with Gasteiger partial charge in [-0.15, -0.1) is 0 Å². The lowest BCUT2D eigenvalue weighted by atomic mass is 9.58. The van der Waals surface area contributed by atoms with Gasteiger partial charge in [-0.1, -0.05) is 19.9 Å². The van der Waals surface area contributed by atoms with Crippen molar-refractivity contribution in [1.29, 1.82) is 0 Å². The fourth-order valence-corrected chi connectivity index (χ4v) is 6.88. The molecule has 1 N–H and O–H groups in total. The number of carbonyl (C=O) groups excluding carboxylic acids is 2. The van der Waals surface area contributed by atoms with E-state index in [1.807, 2.05) is 32.0 Å². The molecule has 1 spiro atoms. The third kappa shape index (κ3) is 5.36. The number of hydrogen-bond acceptors (Lipinski definition) is 9. The van der Waals surface area contributed by atoms with Crippen molar-refractivity contribution in [2.75, 3.05) is 20.8 Å². The molecule has 5 aliphatic rings. The number of esters is 1. The summed E-state index contributed by atoms with van der Waals surface area (Å²) in [5, 5.41) is 2.86. The SMILES string of the molecule is COc1ccc(CCNC(=O)CCC(=O)OC2OC3OC4(C)CCC5C(C)CCC(C2C)C35OO4)cc1OC. The zero-order valence-electron chi connectivity index (χ0n) is 23.5. The predicted octanol–water partition coefficient (Wildman–Crippen LogP) is 3.89. The average molecular weight is 548 g/mol. The molecule has 4 heterocycles. The van der Waals surface area contributed by atoms with Crippen LogP contribution in [0.5, 0.6) is 11.5 Å². The molecule has 1 amide bonds. The first kappa shape index (κ1) is 28.1. The van der Waals surface area contributed by atoms with Gasteiger partial charge in [0.15, 0.2) is 23.4 Å². The second-order valence-electron chi connectivity index (χ2n) is 11.6. The van der Waals surface area contributed by atoms with Crippen LogP contribution in [0.4, 0.5) is 0 Å². The molecule has 5 fully saturated rings. The van der Waals surface area contributed by atoms with Gasteiger partial charge < -0.3 is 29.0 Å². The van der Waals surface area contributed by atoms with Crippen molar-refractivity contribution in [3.8, 4) is 11.5 Å². The molecule has 6 rings (SSSR count). The Labute approximate surface area is 229 Å². The maximum absolute atomic E-state index is 12.8. The number of carbonyl (C=O) groups is 2. The number of methoxy groups -OCH3 is 2. The Bertz CT molecular complexity index is 1070. The Hall–Kier alpha value is -2.40. The smallest absolute Gasteiger partial charge is 0.308 e. The molecular formula is C29H41NO9. The zero-order valence-corrected chi connectivity index (χ0v) is 23.5. The third-order valence-electron chi connectivity index (χ3n) is 9.08. The van der Waals surface area contributed by atoms with E-state index in [4.69, 9.17) is 33.5 Å². The zero-order chi connectivity index (χ0) is 27.8. The van der Waals surface area contributed by atoms with E-state index in [1.54, 1.807) is 14.2 Å². The standard InChI is InChI=1S/C29H41NO9/c1-17-6-8-21-18(2)26(36-27-29(21)20(17)12-14-28(3,37-27)38-39-29)35-25(32)11-10-24(31)30-15-13-19-7-9-22(33-4)23(16-19)34-5/h7,9,16-18,20-21,26-27H,6,8,10-15H2,1-5H3,(H,30,31). The monoisotopic (exact) mass is 547 g/mol. The van der Waals surface area contributed by atoms with Crippen molar-refractivity contribution in [1.82, 2.24) is 5.32 Å². The number of amides is 1. The van der Waals surface area contributed by atoms with Gasteiger partial charge in [0.25, 0.3) is 0 Å². The molecule has 4 saturated heterocycles. The van der Waals surface area contributed by atoms with Crippen molar-refractivity contribution in [2.45, 2.75) is 89.7 Å². The van der Waals surface area contributed by atoms with Crippen molar-refractivity contribution in [3.63, 3.8) is 0 Å². The van der Waals surface area contributed by atoms with E-state index in [0.29, 0.717) is 30.4 Å². The van der Waals surface area contributed by atoms with E-state index >= 15 is 0 Å². The van der Waals surface area contributed by atoms with Crippen LogP contribution in [0.15, 0.2) is 18.2 Å². The molecular weight excluding hydrogens is 506 g/mol. The maximum atomic E-state index is 12.8. The van der Waals surface area contributed by atoms with E-state index in [2.05, 4.69) is 12.2 Å². The summed E-state index contributed by atoms with van der Waals surface area (Å²) in [5.74, 6) is 0.384. The molecule has 216 valence electrons. The highest BCUT2D eigenvalue weighted by Gasteiger charge is 2.69. The van der Waals surface area contributed by atoms with Gasteiger partial charge in [-0.05, 0) is 62.1 Å². The van der Waals surface area contributed by atoms with Crippen molar-refractivity contribution < 1.29 is 43.0 Å². The number of nitrogens with one attached hydrogen (secondary N) is 1. The summed E-state index contributed by atoms with van der Waals surface area (Å²) in [4.78, 5) is 37.1. The Morgan fingerprint density at radius 2 is 1.82 bits per heavy atom. The van der Waals surface area contributed by atoms with E-state index < -0.39 is 29.9 Å². The van der Waals surface area contributed by atoms with Crippen LogP contribution in [0.25, 0.3) is 0 Å². The molecule has 4 aliphatic heterocycles. The summed E-state index contributed by atoms with van der Waals surface area (Å²) in [6.45, 7) is 6.59. The molecule has 1 aromatic rings. The molecule has 8 unspecified atom stereocenters. The average Bonchev–Trinajstić information content (AvgIpc) is 3.16. The quantitative estimate of drug-likeness (QED) is 0.364. The second kappa shape index (κ2) is 11.2. The first-order valence-corrected chi connectivity index (χ1v) is 14.1. The third-order valence-corrected chi connectivity index (χ3v) is 9.08. The highest BCUT2D eigenvalue weighted by atomic mass is 17.3. The number of rotatable bonds is 9. The molecule has 1 aromatic carbocycles. The van der Waals surface area contributed by atoms with E-state index in [1.165, 1.54) is 0 Å². The minimum absolute atomic E-state index is 0.0346. The van der Waals surface area contributed by atoms with Crippen LogP contribution < -0.4 is 14.8 Å². The Morgan fingerprint density at radius 3 is 2.59 bits per heavy atom. The molecule has 1 saturated carbocycles. The van der Waals surface area contributed by atoms with Gasteiger partial charge in [-0.3, -0.25) is 9.59 Å². The second-order valence-corrected chi connectivity index (χ2v) is 11.6. The van der Waals surface area contributed by atoms with Crippen LogP contribution in [0.1, 0.15) is 64.9 Å². The number of hydrogen-bond donors (Lipinski definition) is 1. The van der Waals surface area contributed by atoms with Crippen LogP contribution in [0.2, 0.25) is 0 Å². The summed E-state index contributed by atoms with van der Waals surface area (Å²) in [6, 6.07) is 5.64. The first-order valence-electron chi connectivity index (χ1n) is 14.1. The van der Waals surface area contributed by atoms with Crippen molar-refractivity contribution >= 4 is 11.9 Å². The van der Waals surface area contributed by atoms with Crippen LogP contribution in [-0.2, 0) is 40.0 Å². The minimum Gasteiger partial charge on any atom is -0.493 e. The fourth-order valence-electron chi connectivity index (χ4n) is 6.88. The largest absolute Gasteiger partial charge is 0.493 e. The first-order chi connectivity index (χ1) is 18.7. The topological polar surface area (TPSA) is 111 Å². The summed E-state index contributed by atoms with van der Waals surface area (Å²) < 4.78 is 29.0. The Kier molecular flexibility index (Phi) is 8.10. The minimum atomic E-state index is -0.887. The number of fused-ring (bicyclic) bond motifs is 2. The Balaban J connectivity index is 1.12. The summed E-state index contributed by atoms with van der Waals surface area (Å²) in [6.07, 6.45) is 2.82. The van der Waals surface area contributed by atoms with Crippen LogP contribution in [0, 0.1) is 23.7 Å². The van der Waals surface area contributed by atoms with Gasteiger partial charge in [0.1, 0.15) is 0 Å². The molecule has 10 heteroatoms. The van der Waals surface area contributed by atoms with Crippen molar-refractivity contribution in [2.24, 2.45) is 23.7 Å². The summed E-state index contributed by atoms with van der Waals surface area (Å²) in [7, 11) is 3.17. The maximum Gasteiger partial charge on any atom is 0.308 e. The molecule has 0 aromatic heterocycles. The number of benzene rings is 1. The highest BCUT2D eigenvalue weighted by molar-refractivity contribution is 5.81. The van der Waals surface area contributed by atoms with Gasteiger partial charge in [-0.2, -0.15) is 0 Å². The van der Waals surface area contributed by atoms with Gasteiger partial charge in [0, 0.05) is 31.2 Å². The van der Waals surface area contributed by atoms with Gasteiger partial charge in [-0.25, -0.2) is 9.78 Å². The normalized spacial score (nSPS) is 36.8. The lowest BCUT2D eigenvalue weighted by Gasteiger charge is -2.59. The van der Waals surface area contributed by atoms with Crippen molar-refractivity contribution in [3.05, 3.63) is 23.8 Å². The van der Waals surface area contributed by atoms with Gasteiger partial charge in [0.2, 0.25) is 18.0 Å². The molecule has 8 atom stereocenters. The van der Waals surface area contributed by atoms with E-state index in [9.17, 15) is 9.59 Å². The summed E-state index contributed by atoms with van der Waals surface area (Å²) in [5.41, 5.74) is 0.301. The lowest BCUT2D eigenvalue weighted by Crippen LogP contribution is -2.70. The molecule has 1 aliphatic carbocycles. The lowest BCUT2D eigenvalue weighted by molar-refractivity contribution is -0.576.